The number of benzene rings is 18. The minimum atomic E-state index is -2.99. The number of nitrogens with zero attached hydrogens (tertiary/aromatic N) is 3. The van der Waals surface area contributed by atoms with Gasteiger partial charge in [0.1, 0.15) is 0 Å². The molecule has 21 aromatic rings. The third-order valence-electron chi connectivity index (χ3n) is 27.2. The fraction of sp³-hybridized carbons (Fsp3) is 0.0609. The molecule has 0 amide bonds. The van der Waals surface area contributed by atoms with Gasteiger partial charge in [-0.25, -0.2) is 0 Å². The number of aromatic nitrogens is 3. The van der Waals surface area contributed by atoms with E-state index in [1.54, 1.807) is 0 Å². The zero-order valence-corrected chi connectivity index (χ0v) is 73.4. The van der Waals surface area contributed by atoms with Crippen molar-refractivity contribution in [2.24, 2.45) is 0 Å². The van der Waals surface area contributed by atoms with E-state index in [2.05, 4.69) is 471 Å². The number of hydrogen-bond acceptors (Lipinski definition) is 1. The van der Waals surface area contributed by atoms with Gasteiger partial charge in [0.25, 0.3) is 0 Å². The summed E-state index contributed by atoms with van der Waals surface area (Å²) in [5.41, 5.74) is 27.5. The highest BCUT2D eigenvalue weighted by atomic mass is 28.4. The van der Waals surface area contributed by atoms with E-state index < -0.39 is 32.8 Å². The Morgan fingerprint density at radius 2 is 0.439 bits per heavy atom. The van der Waals surface area contributed by atoms with Crippen LogP contribution >= 0.6 is 0 Å². The molecule has 24 rings (SSSR count). The monoisotopic (exact) mass is 1640 g/mol. The van der Waals surface area contributed by atoms with Gasteiger partial charge in [-0.1, -0.05) is 358 Å². The Labute approximate surface area is 722 Å². The first-order valence-electron chi connectivity index (χ1n) is 43.3. The molecule has 3 aromatic heterocycles. The van der Waals surface area contributed by atoms with Crippen LogP contribution in [0.1, 0.15) is 33.4 Å². The average Bonchev–Trinajstić information content (AvgIpc) is 1.63. The second-order valence-corrected chi connectivity index (χ2v) is 50.4. The molecule has 123 heavy (non-hydrogen) atoms. The van der Waals surface area contributed by atoms with Crippen LogP contribution in [0, 0.1) is 0 Å². The van der Waals surface area contributed by atoms with Crippen molar-refractivity contribution in [1.29, 1.82) is 0 Å². The summed E-state index contributed by atoms with van der Waals surface area (Å²) < 4.78 is 14.9. The smallest absolute Gasteiger partial charge is 0.206 e. The van der Waals surface area contributed by atoms with E-state index in [0.717, 1.165) is 19.3 Å². The van der Waals surface area contributed by atoms with E-state index in [-0.39, 0.29) is 0 Å². The maximum Gasteiger partial charge on any atom is 0.206 e. The number of hydrogen-bond donors (Lipinski definition) is 0. The summed E-state index contributed by atoms with van der Waals surface area (Å²) in [5.74, 6) is 0. The summed E-state index contributed by atoms with van der Waals surface area (Å²) in [4.78, 5) is 0. The topological polar surface area (TPSA) is 24.0 Å². The normalized spacial score (nSPS) is 12.8. The minimum Gasteiger partial charge on any atom is -0.449 e. The van der Waals surface area contributed by atoms with Gasteiger partial charge >= 0.3 is 0 Å². The molecule has 586 valence electrons. The van der Waals surface area contributed by atoms with Crippen LogP contribution in [0.25, 0.3) is 116 Å². The highest BCUT2D eigenvalue weighted by Gasteiger charge is 2.47. The third-order valence-corrected chi connectivity index (χ3v) is 44.4. The van der Waals surface area contributed by atoms with Crippen LogP contribution < -0.4 is 51.9 Å². The van der Waals surface area contributed by atoms with E-state index in [1.165, 1.54) is 201 Å². The van der Waals surface area contributed by atoms with Crippen LogP contribution in [-0.4, -0.2) is 46.5 Å². The first-order chi connectivity index (χ1) is 60.5. The van der Waals surface area contributed by atoms with Crippen molar-refractivity contribution >= 4 is 150 Å². The first kappa shape index (κ1) is 74.3. The van der Waals surface area contributed by atoms with E-state index in [4.69, 9.17) is 4.12 Å². The Hall–Kier alpha value is -13.8. The summed E-state index contributed by atoms with van der Waals surface area (Å²) in [6.07, 6.45) is 2.80. The molecule has 0 bridgehead atoms. The summed E-state index contributed by atoms with van der Waals surface area (Å²) in [5, 5.41) is 21.6. The lowest BCUT2D eigenvalue weighted by Crippen LogP contribution is -2.75. The van der Waals surface area contributed by atoms with Crippen LogP contribution in [0.15, 0.2) is 431 Å². The van der Waals surface area contributed by atoms with E-state index in [9.17, 15) is 0 Å². The van der Waals surface area contributed by atoms with Crippen molar-refractivity contribution < 1.29 is 4.12 Å². The van der Waals surface area contributed by atoms with Crippen LogP contribution in [0.5, 0.6) is 0 Å². The maximum absolute atomic E-state index is 7.52. The second kappa shape index (κ2) is 29.5. The summed E-state index contributed by atoms with van der Waals surface area (Å²) in [7, 11) is -10.5. The molecule has 3 heterocycles. The fourth-order valence-electron chi connectivity index (χ4n) is 21.7. The van der Waals surface area contributed by atoms with Crippen molar-refractivity contribution in [3.8, 4) is 50.4 Å². The lowest BCUT2D eigenvalue weighted by atomic mass is 10.0. The highest BCUT2D eigenvalue weighted by molar-refractivity contribution is 7.20. The van der Waals surface area contributed by atoms with Crippen molar-refractivity contribution in [3.05, 3.63) is 464 Å². The lowest BCUT2D eigenvalue weighted by molar-refractivity contribution is 0.573. The van der Waals surface area contributed by atoms with Crippen LogP contribution in [-0.2, 0) is 23.4 Å². The van der Waals surface area contributed by atoms with Gasteiger partial charge in [-0.3, -0.25) is 0 Å². The Morgan fingerprint density at radius 1 is 0.195 bits per heavy atom. The predicted octanol–water partition coefficient (Wildman–Crippen LogP) is 21.7. The van der Waals surface area contributed by atoms with Gasteiger partial charge in [-0.15, -0.1) is 0 Å². The Morgan fingerprint density at radius 3 is 0.772 bits per heavy atom. The number of rotatable bonds is 15. The molecule has 0 unspecified atom stereocenters. The van der Waals surface area contributed by atoms with Crippen molar-refractivity contribution in [2.45, 2.75) is 45.5 Å². The average molecular weight is 1640 g/mol. The lowest BCUT2D eigenvalue weighted by Gasteiger charge is -2.36. The van der Waals surface area contributed by atoms with E-state index in [0.29, 0.717) is 0 Å². The van der Waals surface area contributed by atoms with E-state index in [1.807, 2.05) is 0 Å². The summed E-state index contributed by atoms with van der Waals surface area (Å²) >= 11 is 0. The van der Waals surface area contributed by atoms with Crippen molar-refractivity contribution in [2.75, 3.05) is 0 Å². The Kier molecular flexibility index (Phi) is 17.8. The standard InChI is InChI=1S/C61H45NSi2.C54H44N2OSi2/c1-7-23-47(24-8-1)63(48-25-9-2-10-26-48,49-27-11-3-12-28-49)53-40-39-45-41-58-57(56(45)44-53)42-46(62-59-37-21-19-35-54(59)55-36-20-22-38-60(55)62)43-61(58)64(50-29-13-4-14-30-50,51-31-15-5-16-32-51)52-33-17-6-18-34-52;1-58(2,41-27-23-37-29-35-21-25-39(31-47(35)49(37)33-41)55-51-17-9-5-13-43(51)44-14-6-10-18-52(44)55)57-59(3,4)42-28-24-38-30-36-22-26-40(32-48(36)50(38)34-42)56-53-19-11-7-15-45(53)46-16-8-12-20-54(46)56/h1-40,42-44H,41H2;5-28,31-34H,29-30H2,1-4H3. The molecule has 0 fully saturated rings. The van der Waals surface area contributed by atoms with Gasteiger partial charge in [0.2, 0.25) is 16.6 Å². The third kappa shape index (κ3) is 12.0. The van der Waals surface area contributed by atoms with E-state index >= 15 is 0 Å². The highest BCUT2D eigenvalue weighted by Crippen LogP contribution is 2.45. The molecule has 3 aliphatic carbocycles. The molecular weight excluding hydrogens is 1550 g/mol. The van der Waals surface area contributed by atoms with Gasteiger partial charge in [-0.05, 0) is 237 Å². The number of para-hydroxylation sites is 6. The molecule has 0 radical (unpaired) electrons. The molecule has 0 saturated carbocycles. The SMILES string of the molecule is C[Si](C)(O[Si](C)(C)c1ccc2c(c1)-c1cc(-n3c4ccccc4c4ccccc43)ccc1C2)c1ccc2c(c1)-c1cc(-n3c4ccccc4c4ccccc43)ccc1C2.c1ccc([Si](c2ccccc2)(c2ccccc2)c2ccc3c(c2)-c2cc(-n4c5ccccc5c5ccccc54)cc([Si](c4ccccc4)(c4ccccc4)c4ccccc4)c2C3)cc1. The Bertz CT molecular complexity index is 7170. The van der Waals surface area contributed by atoms with Crippen LogP contribution in [0.4, 0.5) is 0 Å². The van der Waals surface area contributed by atoms with Crippen LogP contribution in [0.2, 0.25) is 26.2 Å². The summed E-state index contributed by atoms with van der Waals surface area (Å²) in [6, 6.07) is 163. The minimum absolute atomic E-state index is 0.867. The molecule has 4 nitrogen and oxygen atoms in total. The molecule has 0 aliphatic heterocycles. The van der Waals surface area contributed by atoms with Gasteiger partial charge < -0.3 is 17.8 Å². The molecule has 3 aliphatic rings. The zero-order valence-electron chi connectivity index (χ0n) is 69.4. The van der Waals surface area contributed by atoms with Crippen LogP contribution in [0.3, 0.4) is 0 Å². The molecular formula is C115H89N3OSi4. The largest absolute Gasteiger partial charge is 0.449 e. The van der Waals surface area contributed by atoms with Gasteiger partial charge in [0.05, 0.1) is 33.1 Å². The molecule has 0 saturated heterocycles. The molecule has 18 aromatic carbocycles. The van der Waals surface area contributed by atoms with Crippen molar-refractivity contribution in [3.63, 3.8) is 0 Å². The van der Waals surface area contributed by atoms with Gasteiger partial charge in [-0.2, -0.15) is 0 Å². The number of fused-ring (bicyclic) bond motifs is 18. The maximum atomic E-state index is 7.52. The molecule has 0 atom stereocenters. The first-order valence-corrected chi connectivity index (χ1v) is 53.1. The Balaban J connectivity index is 0.000000143. The summed E-state index contributed by atoms with van der Waals surface area (Å²) in [6.45, 7) is 9.59. The molecule has 8 heteroatoms. The van der Waals surface area contributed by atoms with Crippen molar-refractivity contribution in [1.82, 2.24) is 13.7 Å². The zero-order chi connectivity index (χ0) is 82.1. The predicted molar refractivity (Wildman–Crippen MR) is 530 cm³/mol. The van der Waals surface area contributed by atoms with Gasteiger partial charge in [0.15, 0.2) is 16.1 Å². The van der Waals surface area contributed by atoms with Gasteiger partial charge in [0, 0.05) is 49.4 Å². The molecule has 0 N–H and O–H groups in total. The fourth-order valence-corrected chi connectivity index (χ4v) is 39.6. The molecule has 0 spiro atoms. The second-order valence-electron chi connectivity index (χ2n) is 34.8. The quantitative estimate of drug-likeness (QED) is 0.0741.